The van der Waals surface area contributed by atoms with E-state index in [1.807, 2.05) is 0 Å². The van der Waals surface area contributed by atoms with Gasteiger partial charge < -0.3 is 9.94 Å². The second kappa shape index (κ2) is 5.15. The van der Waals surface area contributed by atoms with Gasteiger partial charge in [-0.1, -0.05) is 0 Å². The van der Waals surface area contributed by atoms with E-state index in [0.29, 0.717) is 4.47 Å². The van der Waals surface area contributed by atoms with Gasteiger partial charge in [0.2, 0.25) is 10.0 Å². The molecule has 0 aliphatic heterocycles. The summed E-state index contributed by atoms with van der Waals surface area (Å²) in [4.78, 5) is 26.7. The first-order chi connectivity index (χ1) is 8.21. The Morgan fingerprint density at radius 2 is 1.61 bits per heavy atom. The summed E-state index contributed by atoms with van der Waals surface area (Å²) in [6, 6.07) is 4.92. The van der Waals surface area contributed by atoms with Crippen LogP contribution in [0.15, 0.2) is 24.3 Å². The third kappa shape index (κ3) is 3.54. The monoisotopic (exact) mass is 273 g/mol. The Bertz CT molecular complexity index is 563. The van der Waals surface area contributed by atoms with E-state index >= 15 is 0 Å². The maximum Gasteiger partial charge on any atom is 0.357 e. The number of hydroxylamine groups is 1. The summed E-state index contributed by atoms with van der Waals surface area (Å²) in [7, 11) is -2.55. The van der Waals surface area contributed by atoms with Gasteiger partial charge in [-0.3, -0.25) is 0 Å². The minimum atomic E-state index is -3.63. The molecule has 0 atom stereocenters. The summed E-state index contributed by atoms with van der Waals surface area (Å²) in [5.74, 6) is -2.01. The highest BCUT2D eigenvalue weighted by molar-refractivity contribution is 7.88. The Morgan fingerprint density at radius 3 is 2.00 bits per heavy atom. The number of sulfonamides is 1. The number of carboxylic acid groups (broad SMARTS) is 1. The number of carbonyl (C=O) groups excluding carboxylic acids is 1. The van der Waals surface area contributed by atoms with Gasteiger partial charge in [0.15, 0.2) is 0 Å². The van der Waals surface area contributed by atoms with E-state index in [4.69, 9.17) is 5.11 Å². The van der Waals surface area contributed by atoms with Crippen LogP contribution in [-0.2, 0) is 14.9 Å². The third-order valence-electron chi connectivity index (χ3n) is 2.05. The number of nitrogens with zero attached hydrogens (tertiary/aromatic N) is 1. The molecular weight excluding hydrogens is 262 g/mol. The predicted molar refractivity (Wildman–Crippen MR) is 61.4 cm³/mol. The van der Waals surface area contributed by atoms with Crippen LogP contribution in [0.1, 0.15) is 20.7 Å². The molecule has 1 rings (SSSR count). The van der Waals surface area contributed by atoms with Crippen molar-refractivity contribution < 1.29 is 28.0 Å². The molecule has 98 valence electrons. The van der Waals surface area contributed by atoms with Crippen LogP contribution in [0.3, 0.4) is 0 Å². The summed E-state index contributed by atoms with van der Waals surface area (Å²) < 4.78 is 22.5. The number of hydrogen-bond donors (Lipinski definition) is 1. The van der Waals surface area contributed by atoms with Gasteiger partial charge in [0.1, 0.15) is 0 Å². The fraction of sp³-hybridized carbons (Fsp3) is 0.200. The smallest absolute Gasteiger partial charge is 0.357 e. The minimum absolute atomic E-state index is 0.0167. The van der Waals surface area contributed by atoms with E-state index in [1.54, 1.807) is 0 Å². The Labute approximate surface area is 104 Å². The second-order valence-electron chi connectivity index (χ2n) is 3.43. The quantitative estimate of drug-likeness (QED) is 0.794. The lowest BCUT2D eigenvalue weighted by Gasteiger charge is -2.13. The Morgan fingerprint density at radius 1 is 1.17 bits per heavy atom. The lowest BCUT2D eigenvalue weighted by Crippen LogP contribution is -2.28. The molecule has 1 N–H and O–H groups in total. The molecule has 0 spiro atoms. The lowest BCUT2D eigenvalue weighted by molar-refractivity contribution is -0.0291. The summed E-state index contributed by atoms with van der Waals surface area (Å²) >= 11 is 0. The molecule has 18 heavy (non-hydrogen) atoms. The third-order valence-corrected chi connectivity index (χ3v) is 3.05. The topological polar surface area (TPSA) is 101 Å². The molecular formula is C10H11NO6S. The molecule has 0 aromatic heterocycles. The number of benzene rings is 1. The summed E-state index contributed by atoms with van der Waals surface area (Å²) in [6.07, 6.45) is 0.883. The molecule has 0 fully saturated rings. The van der Waals surface area contributed by atoms with Gasteiger partial charge >= 0.3 is 11.9 Å². The highest BCUT2D eigenvalue weighted by atomic mass is 32.2. The normalized spacial score (nSPS) is 11.3. The van der Waals surface area contributed by atoms with Gasteiger partial charge in [0.25, 0.3) is 0 Å². The first-order valence-corrected chi connectivity index (χ1v) is 6.56. The van der Waals surface area contributed by atoms with Crippen molar-refractivity contribution in [1.82, 2.24) is 4.47 Å². The molecule has 1 aromatic rings. The Hall–Kier alpha value is -1.93. The van der Waals surface area contributed by atoms with Crippen molar-refractivity contribution in [2.45, 2.75) is 0 Å². The first-order valence-electron chi connectivity index (χ1n) is 4.71. The molecule has 0 saturated carbocycles. The van der Waals surface area contributed by atoms with Crippen LogP contribution in [0.2, 0.25) is 0 Å². The summed E-state index contributed by atoms with van der Waals surface area (Å²) in [5, 5.41) is 8.66. The van der Waals surface area contributed by atoms with Gasteiger partial charge in [-0.2, -0.15) is 0 Å². The van der Waals surface area contributed by atoms with Crippen molar-refractivity contribution in [2.24, 2.45) is 0 Å². The molecule has 7 nitrogen and oxygen atoms in total. The van der Waals surface area contributed by atoms with Crippen LogP contribution >= 0.6 is 0 Å². The number of carboxylic acids is 1. The summed E-state index contributed by atoms with van der Waals surface area (Å²) in [6.45, 7) is 0. The Kier molecular flexibility index (Phi) is 4.04. The maximum absolute atomic E-state index is 11.5. The second-order valence-corrected chi connectivity index (χ2v) is 5.41. The van der Waals surface area contributed by atoms with Gasteiger partial charge in [0.05, 0.1) is 17.4 Å². The van der Waals surface area contributed by atoms with Crippen molar-refractivity contribution in [1.29, 1.82) is 0 Å². The average Bonchev–Trinajstić information content (AvgIpc) is 2.27. The fourth-order valence-corrected chi connectivity index (χ4v) is 1.19. The van der Waals surface area contributed by atoms with Crippen LogP contribution < -0.4 is 0 Å². The zero-order valence-corrected chi connectivity index (χ0v) is 10.5. The van der Waals surface area contributed by atoms with Gasteiger partial charge in [-0.05, 0) is 28.7 Å². The van der Waals surface area contributed by atoms with Crippen molar-refractivity contribution in [3.63, 3.8) is 0 Å². The zero-order valence-electron chi connectivity index (χ0n) is 9.65. The fourth-order valence-electron chi connectivity index (χ4n) is 0.986. The molecule has 0 aliphatic rings. The van der Waals surface area contributed by atoms with E-state index in [2.05, 4.69) is 4.84 Å². The number of carbonyl (C=O) groups is 2. The first kappa shape index (κ1) is 14.1. The molecule has 0 radical (unpaired) electrons. The van der Waals surface area contributed by atoms with Gasteiger partial charge in [-0.15, -0.1) is 0 Å². The highest BCUT2D eigenvalue weighted by Crippen LogP contribution is 2.07. The Balaban J connectivity index is 2.83. The number of aromatic carboxylic acids is 1. The van der Waals surface area contributed by atoms with Crippen LogP contribution in [0.5, 0.6) is 0 Å². The highest BCUT2D eigenvalue weighted by Gasteiger charge is 2.18. The van der Waals surface area contributed by atoms with Crippen molar-refractivity contribution in [3.8, 4) is 0 Å². The molecule has 0 amide bonds. The predicted octanol–water partition coefficient (Wildman–Crippen LogP) is 0.348. The van der Waals surface area contributed by atoms with Gasteiger partial charge in [-0.25, -0.2) is 18.0 Å². The molecule has 1 aromatic carbocycles. The van der Waals surface area contributed by atoms with E-state index < -0.39 is 22.0 Å². The number of hydrogen-bond acceptors (Lipinski definition) is 5. The van der Waals surface area contributed by atoms with E-state index in [1.165, 1.54) is 24.3 Å². The van der Waals surface area contributed by atoms with Gasteiger partial charge in [0, 0.05) is 7.05 Å². The van der Waals surface area contributed by atoms with Crippen molar-refractivity contribution >= 4 is 22.0 Å². The zero-order chi connectivity index (χ0) is 13.9. The van der Waals surface area contributed by atoms with E-state index in [-0.39, 0.29) is 11.1 Å². The molecule has 0 bridgehead atoms. The molecule has 0 saturated heterocycles. The minimum Gasteiger partial charge on any atom is -0.478 e. The molecule has 0 unspecified atom stereocenters. The standard InChI is InChI=1S/C10H11NO6S/c1-11(18(2,15)16)17-10(14)8-5-3-7(4-6-8)9(12)13/h3-6H,1-2H3,(H,12,13). The van der Waals surface area contributed by atoms with Crippen LogP contribution in [0.25, 0.3) is 0 Å². The largest absolute Gasteiger partial charge is 0.478 e. The maximum atomic E-state index is 11.5. The molecule has 0 aliphatic carbocycles. The molecule has 8 heteroatoms. The number of rotatable bonds is 4. The van der Waals surface area contributed by atoms with Crippen molar-refractivity contribution in [2.75, 3.05) is 13.3 Å². The average molecular weight is 273 g/mol. The van der Waals surface area contributed by atoms with Crippen molar-refractivity contribution in [3.05, 3.63) is 35.4 Å². The van der Waals surface area contributed by atoms with E-state index in [9.17, 15) is 18.0 Å². The SMILES string of the molecule is CN(OC(=O)c1ccc(C(=O)O)cc1)S(C)(=O)=O. The van der Waals surface area contributed by atoms with Crippen LogP contribution in [-0.4, -0.2) is 43.2 Å². The molecule has 0 heterocycles. The van der Waals surface area contributed by atoms with Crippen LogP contribution in [0, 0.1) is 0 Å². The lowest BCUT2D eigenvalue weighted by atomic mass is 10.1. The van der Waals surface area contributed by atoms with Crippen LogP contribution in [0.4, 0.5) is 0 Å². The summed E-state index contributed by atoms with van der Waals surface area (Å²) in [5.41, 5.74) is 0.0681. The van der Waals surface area contributed by atoms with E-state index in [0.717, 1.165) is 13.3 Å².